The second-order valence-electron chi connectivity index (χ2n) is 12.2. The second-order valence-corrected chi connectivity index (χ2v) is 13.1. The van der Waals surface area contributed by atoms with Crippen molar-refractivity contribution in [1.29, 1.82) is 0 Å². The van der Waals surface area contributed by atoms with Gasteiger partial charge >= 0.3 is 5.97 Å². The van der Waals surface area contributed by atoms with E-state index in [1.54, 1.807) is 48.2 Å². The minimum absolute atomic E-state index is 0.0596. The number of anilines is 1. The first kappa shape index (κ1) is 27.2. The Labute approximate surface area is 256 Å². The number of amides is 2. The summed E-state index contributed by atoms with van der Waals surface area (Å²) in [6.45, 7) is 2.67. The van der Waals surface area contributed by atoms with E-state index >= 15 is 4.39 Å². The van der Waals surface area contributed by atoms with Crippen LogP contribution in [0.25, 0.3) is 11.1 Å². The molecule has 2 aromatic heterocycles. The molecule has 1 aliphatic carbocycles. The number of aryl methyl sites for hydroxylation is 1. The molecule has 224 valence electrons. The lowest BCUT2D eigenvalue weighted by Crippen LogP contribution is -2.61. The zero-order valence-corrected chi connectivity index (χ0v) is 24.5. The monoisotopic (exact) mass is 612 g/mol. The first-order valence-corrected chi connectivity index (χ1v) is 15.7. The molecule has 0 bridgehead atoms. The molecule has 1 atom stereocenters. The van der Waals surface area contributed by atoms with Gasteiger partial charge in [0.2, 0.25) is 0 Å². The molecule has 2 amide bonds. The van der Waals surface area contributed by atoms with Crippen LogP contribution < -0.4 is 15.4 Å². The van der Waals surface area contributed by atoms with Crippen molar-refractivity contribution in [2.24, 2.45) is 11.3 Å². The maximum absolute atomic E-state index is 15.6. The SMILES string of the molecule is O=C(Oc1ccc(-c2cc(F)c3c(c2)C(=O)N(C(C(=O)Nc2nccs2)c2ncn4c2CCC4)C3)cc1)C1CC2(CNC2)C1. The van der Waals surface area contributed by atoms with Gasteiger partial charge < -0.3 is 19.5 Å². The van der Waals surface area contributed by atoms with E-state index in [1.165, 1.54) is 22.3 Å². The third kappa shape index (κ3) is 4.51. The van der Waals surface area contributed by atoms with Crippen LogP contribution in [0.3, 0.4) is 0 Å². The van der Waals surface area contributed by atoms with Crippen molar-refractivity contribution in [1.82, 2.24) is 24.8 Å². The van der Waals surface area contributed by atoms with Crippen LogP contribution in [-0.4, -0.2) is 50.3 Å². The van der Waals surface area contributed by atoms with E-state index in [0.29, 0.717) is 27.7 Å². The van der Waals surface area contributed by atoms with E-state index in [1.807, 2.05) is 4.57 Å². The molecule has 2 aromatic carbocycles. The molecule has 4 aliphatic rings. The predicted molar refractivity (Wildman–Crippen MR) is 159 cm³/mol. The molecule has 44 heavy (non-hydrogen) atoms. The summed E-state index contributed by atoms with van der Waals surface area (Å²) in [5.74, 6) is -1.28. The lowest BCUT2D eigenvalue weighted by molar-refractivity contribution is -0.149. The number of imidazole rings is 1. The Morgan fingerprint density at radius 2 is 1.95 bits per heavy atom. The van der Waals surface area contributed by atoms with Crippen molar-refractivity contribution in [3.05, 3.63) is 82.6 Å². The number of nitrogens with zero attached hydrogens (tertiary/aromatic N) is 4. The summed E-state index contributed by atoms with van der Waals surface area (Å²) in [6, 6.07) is 8.88. The number of thiazole rings is 1. The largest absolute Gasteiger partial charge is 0.426 e. The smallest absolute Gasteiger partial charge is 0.314 e. The number of aromatic nitrogens is 3. The van der Waals surface area contributed by atoms with Crippen molar-refractivity contribution in [3.63, 3.8) is 0 Å². The molecule has 0 radical (unpaired) electrons. The quantitative estimate of drug-likeness (QED) is 0.236. The van der Waals surface area contributed by atoms with E-state index in [2.05, 4.69) is 20.6 Å². The first-order chi connectivity index (χ1) is 21.4. The van der Waals surface area contributed by atoms with Crippen molar-refractivity contribution < 1.29 is 23.5 Å². The maximum Gasteiger partial charge on any atom is 0.314 e. The van der Waals surface area contributed by atoms with Gasteiger partial charge in [-0.3, -0.25) is 19.7 Å². The van der Waals surface area contributed by atoms with Gasteiger partial charge in [0.1, 0.15) is 11.6 Å². The van der Waals surface area contributed by atoms with Gasteiger partial charge in [-0.25, -0.2) is 14.4 Å². The van der Waals surface area contributed by atoms with Gasteiger partial charge in [-0.05, 0) is 66.5 Å². The Kier molecular flexibility index (Phi) is 6.38. The number of ether oxygens (including phenoxy) is 1. The Bertz CT molecular complexity index is 1790. The van der Waals surface area contributed by atoms with Crippen LogP contribution in [0.1, 0.15) is 52.6 Å². The first-order valence-electron chi connectivity index (χ1n) is 14.8. The molecule has 2 N–H and O–H groups in total. The van der Waals surface area contributed by atoms with E-state index in [9.17, 15) is 14.4 Å². The fourth-order valence-electron chi connectivity index (χ4n) is 7.00. The summed E-state index contributed by atoms with van der Waals surface area (Å²) in [4.78, 5) is 50.2. The number of carbonyl (C=O) groups excluding carboxylic acids is 3. The van der Waals surface area contributed by atoms with Crippen LogP contribution >= 0.6 is 11.3 Å². The molecule has 1 unspecified atom stereocenters. The minimum atomic E-state index is -1.05. The summed E-state index contributed by atoms with van der Waals surface area (Å²) < 4.78 is 23.2. The summed E-state index contributed by atoms with van der Waals surface area (Å²) >= 11 is 1.27. The molecule has 1 saturated carbocycles. The second kappa shape index (κ2) is 10.3. The Hall–Kier alpha value is -4.42. The van der Waals surface area contributed by atoms with Crippen LogP contribution in [-0.2, 0) is 29.1 Å². The molecule has 12 heteroatoms. The molecular weight excluding hydrogens is 583 g/mol. The molecule has 4 aromatic rings. The average Bonchev–Trinajstić information content (AvgIpc) is 3.76. The number of nitrogens with one attached hydrogen (secondary N) is 2. The van der Waals surface area contributed by atoms with Crippen molar-refractivity contribution in [2.75, 3.05) is 18.4 Å². The normalized spacial score (nSPS) is 18.8. The number of hydrogen-bond acceptors (Lipinski definition) is 8. The summed E-state index contributed by atoms with van der Waals surface area (Å²) in [7, 11) is 0. The molecule has 8 rings (SSSR count). The van der Waals surface area contributed by atoms with Crippen LogP contribution in [0.4, 0.5) is 9.52 Å². The average molecular weight is 613 g/mol. The highest BCUT2D eigenvalue weighted by atomic mass is 32.1. The number of fused-ring (bicyclic) bond motifs is 2. The lowest BCUT2D eigenvalue weighted by Gasteiger charge is -2.53. The van der Waals surface area contributed by atoms with Crippen molar-refractivity contribution in [3.8, 4) is 16.9 Å². The third-order valence-corrected chi connectivity index (χ3v) is 10.1. The summed E-state index contributed by atoms with van der Waals surface area (Å²) in [5.41, 5.74) is 3.33. The Morgan fingerprint density at radius 1 is 1.14 bits per heavy atom. The standard InChI is InChI=1S/C32H29FN6O4S/c33-24-11-19(18-3-5-21(6-4-18)43-30(42)20-12-32(13-20)15-34-16-32)10-22-23(24)14-39(29(22)41)27(28(40)37-31-35-7-9-44-31)26-25-2-1-8-38(25)17-36-26/h3-7,9-11,17,20,27,34H,1-2,8,12-16H2,(H,35,37,40). The maximum atomic E-state index is 15.6. The Balaban J connectivity index is 1.04. The van der Waals surface area contributed by atoms with Crippen LogP contribution in [0.5, 0.6) is 5.75 Å². The number of carbonyl (C=O) groups is 3. The zero-order valence-electron chi connectivity index (χ0n) is 23.7. The topological polar surface area (TPSA) is 118 Å². The van der Waals surface area contributed by atoms with Gasteiger partial charge in [-0.2, -0.15) is 0 Å². The summed E-state index contributed by atoms with van der Waals surface area (Å²) in [6.07, 6.45) is 6.66. The highest BCUT2D eigenvalue weighted by Gasteiger charge is 2.51. The van der Waals surface area contributed by atoms with Gasteiger partial charge in [0.15, 0.2) is 11.2 Å². The van der Waals surface area contributed by atoms with Gasteiger partial charge in [0.25, 0.3) is 11.8 Å². The van der Waals surface area contributed by atoms with Crippen LogP contribution in [0, 0.1) is 17.2 Å². The van der Waals surface area contributed by atoms with Gasteiger partial charge in [0.05, 0.1) is 24.5 Å². The van der Waals surface area contributed by atoms with Gasteiger partial charge in [-0.15, -0.1) is 11.3 Å². The molecule has 3 aliphatic heterocycles. The lowest BCUT2D eigenvalue weighted by atomic mass is 9.58. The summed E-state index contributed by atoms with van der Waals surface area (Å²) in [5, 5.41) is 8.24. The highest BCUT2D eigenvalue weighted by molar-refractivity contribution is 7.13. The fraction of sp³-hybridized carbons (Fsp3) is 0.344. The van der Waals surface area contributed by atoms with Crippen molar-refractivity contribution in [2.45, 2.75) is 44.8 Å². The minimum Gasteiger partial charge on any atom is -0.426 e. The predicted octanol–water partition coefficient (Wildman–Crippen LogP) is 4.33. The highest BCUT2D eigenvalue weighted by Crippen LogP contribution is 2.48. The van der Waals surface area contributed by atoms with E-state index in [-0.39, 0.29) is 35.0 Å². The Morgan fingerprint density at radius 3 is 2.68 bits per heavy atom. The van der Waals surface area contributed by atoms with Crippen molar-refractivity contribution >= 4 is 34.3 Å². The van der Waals surface area contributed by atoms with Crippen LogP contribution in [0.2, 0.25) is 0 Å². The van der Waals surface area contributed by atoms with Gasteiger partial charge in [0, 0.05) is 48.0 Å². The number of hydrogen-bond donors (Lipinski definition) is 2. The molecule has 1 spiro atoms. The fourth-order valence-corrected chi connectivity index (χ4v) is 7.53. The number of rotatable bonds is 7. The zero-order chi connectivity index (χ0) is 30.0. The molecular formula is C32H29FN6O4S. The molecule has 2 fully saturated rings. The van der Waals surface area contributed by atoms with E-state index in [0.717, 1.165) is 51.0 Å². The van der Waals surface area contributed by atoms with E-state index < -0.39 is 23.7 Å². The molecule has 1 saturated heterocycles. The van der Waals surface area contributed by atoms with E-state index in [4.69, 9.17) is 4.74 Å². The van der Waals surface area contributed by atoms with Crippen LogP contribution in [0.15, 0.2) is 54.3 Å². The number of benzene rings is 2. The number of esters is 1. The third-order valence-electron chi connectivity index (χ3n) is 9.39. The van der Waals surface area contributed by atoms with Gasteiger partial charge in [-0.1, -0.05) is 12.1 Å². The molecule has 5 heterocycles. The number of halogens is 1. The molecule has 10 nitrogen and oxygen atoms in total.